The molecule has 4 amide bonds. The minimum atomic E-state index is -0.816. The number of nitrogens with zero attached hydrogens (tertiary/aromatic N) is 2. The van der Waals surface area contributed by atoms with Gasteiger partial charge in [0.1, 0.15) is 12.1 Å². The number of carbonyl (C=O) groups excluding carboxylic acids is 3. The monoisotopic (exact) mass is 454 g/mol. The SMILES string of the molecule is CCC1CCC2(CC1)NC(=O)N(CC(=O)Nc1ccccc1CN(C)C1CCCCC1)C2=O. The Morgan fingerprint density at radius 3 is 2.52 bits per heavy atom. The van der Waals surface area contributed by atoms with Crippen LogP contribution in [0.25, 0.3) is 0 Å². The standard InChI is InChI=1S/C26H38N4O3/c1-3-19-13-15-26(16-14-19)24(32)30(25(33)28-26)18-23(31)27-22-12-8-7-9-20(22)17-29(2)21-10-5-4-6-11-21/h7-9,12,19,21H,3-6,10-11,13-18H2,1-2H3,(H,27,31)(H,28,33). The third-order valence-electron chi connectivity index (χ3n) is 7.99. The highest BCUT2D eigenvalue weighted by molar-refractivity contribution is 6.10. The average Bonchev–Trinajstić information content (AvgIpc) is 3.05. The molecule has 2 saturated carbocycles. The molecule has 1 aliphatic heterocycles. The summed E-state index contributed by atoms with van der Waals surface area (Å²) in [6.07, 6.45) is 10.6. The number of rotatable bonds is 7. The third kappa shape index (κ3) is 5.24. The Morgan fingerprint density at radius 2 is 1.82 bits per heavy atom. The molecular formula is C26H38N4O3. The normalized spacial score (nSPS) is 26.2. The van der Waals surface area contributed by atoms with Crippen LogP contribution in [0.2, 0.25) is 0 Å². The lowest BCUT2D eigenvalue weighted by molar-refractivity contribution is -0.135. The van der Waals surface area contributed by atoms with Crippen LogP contribution in [-0.4, -0.2) is 52.8 Å². The highest BCUT2D eigenvalue weighted by Gasteiger charge is 2.52. The maximum atomic E-state index is 13.1. The maximum Gasteiger partial charge on any atom is 0.325 e. The van der Waals surface area contributed by atoms with E-state index in [4.69, 9.17) is 0 Å². The van der Waals surface area contributed by atoms with Gasteiger partial charge in [-0.15, -0.1) is 0 Å². The first-order chi connectivity index (χ1) is 15.9. The van der Waals surface area contributed by atoms with Gasteiger partial charge >= 0.3 is 6.03 Å². The number of hydrogen-bond acceptors (Lipinski definition) is 4. The van der Waals surface area contributed by atoms with E-state index in [9.17, 15) is 14.4 Å². The topological polar surface area (TPSA) is 81.8 Å². The van der Waals surface area contributed by atoms with Crippen molar-refractivity contribution in [3.05, 3.63) is 29.8 Å². The van der Waals surface area contributed by atoms with Crippen molar-refractivity contribution in [2.24, 2.45) is 5.92 Å². The van der Waals surface area contributed by atoms with Crippen LogP contribution in [0.1, 0.15) is 76.7 Å². The molecule has 0 bridgehead atoms. The lowest BCUT2D eigenvalue weighted by Gasteiger charge is -2.34. The smallest absolute Gasteiger partial charge is 0.324 e. The number of urea groups is 1. The molecule has 0 unspecified atom stereocenters. The first-order valence-electron chi connectivity index (χ1n) is 12.6. The molecule has 2 N–H and O–H groups in total. The van der Waals surface area contributed by atoms with Crippen molar-refractivity contribution in [1.82, 2.24) is 15.1 Å². The molecule has 3 fully saturated rings. The van der Waals surface area contributed by atoms with Crippen molar-refractivity contribution < 1.29 is 14.4 Å². The van der Waals surface area contributed by atoms with Crippen LogP contribution < -0.4 is 10.6 Å². The van der Waals surface area contributed by atoms with Gasteiger partial charge in [-0.1, -0.05) is 50.8 Å². The Kier molecular flexibility index (Phi) is 7.37. The predicted octanol–water partition coefficient (Wildman–Crippen LogP) is 4.28. The summed E-state index contributed by atoms with van der Waals surface area (Å²) >= 11 is 0. The fourth-order valence-electron chi connectivity index (χ4n) is 5.77. The highest BCUT2D eigenvalue weighted by Crippen LogP contribution is 2.37. The van der Waals surface area contributed by atoms with Crippen molar-refractivity contribution in [3.8, 4) is 0 Å². The van der Waals surface area contributed by atoms with E-state index in [0.29, 0.717) is 24.8 Å². The van der Waals surface area contributed by atoms with Gasteiger partial charge in [0.25, 0.3) is 5.91 Å². The van der Waals surface area contributed by atoms with Crippen LogP contribution in [0.15, 0.2) is 24.3 Å². The first kappa shape index (κ1) is 23.7. The van der Waals surface area contributed by atoms with E-state index in [0.717, 1.165) is 42.0 Å². The molecule has 180 valence electrons. The number of nitrogens with one attached hydrogen (secondary N) is 2. The number of para-hydroxylation sites is 1. The Labute approximate surface area is 197 Å². The molecule has 7 nitrogen and oxygen atoms in total. The Morgan fingerprint density at radius 1 is 1.12 bits per heavy atom. The van der Waals surface area contributed by atoms with Crippen molar-refractivity contribution in [3.63, 3.8) is 0 Å². The zero-order valence-electron chi connectivity index (χ0n) is 20.1. The predicted molar refractivity (Wildman–Crippen MR) is 129 cm³/mol. The Balaban J connectivity index is 1.37. The summed E-state index contributed by atoms with van der Waals surface area (Å²) in [7, 11) is 2.15. The van der Waals surface area contributed by atoms with Gasteiger partial charge in [-0.05, 0) is 63.1 Å². The lowest BCUT2D eigenvalue weighted by atomic mass is 9.75. The molecule has 1 aromatic rings. The van der Waals surface area contributed by atoms with Gasteiger partial charge in [0, 0.05) is 18.3 Å². The largest absolute Gasteiger partial charge is 0.325 e. The second kappa shape index (κ2) is 10.2. The second-order valence-electron chi connectivity index (χ2n) is 10.2. The van der Waals surface area contributed by atoms with Crippen molar-refractivity contribution in [1.29, 1.82) is 0 Å². The summed E-state index contributed by atoms with van der Waals surface area (Å²) in [6.45, 7) is 2.67. The molecule has 0 aromatic heterocycles. The van der Waals surface area contributed by atoms with E-state index in [1.54, 1.807) is 0 Å². The van der Waals surface area contributed by atoms with Crippen LogP contribution in [0.3, 0.4) is 0 Å². The summed E-state index contributed by atoms with van der Waals surface area (Å²) in [5.41, 5.74) is 0.977. The number of benzene rings is 1. The quantitative estimate of drug-likeness (QED) is 0.603. The van der Waals surface area contributed by atoms with Crippen LogP contribution in [0.5, 0.6) is 0 Å². The van der Waals surface area contributed by atoms with E-state index < -0.39 is 11.6 Å². The molecule has 1 saturated heterocycles. The Bertz CT molecular complexity index is 872. The van der Waals surface area contributed by atoms with Gasteiger partial charge in [-0.2, -0.15) is 0 Å². The average molecular weight is 455 g/mol. The zero-order chi connectivity index (χ0) is 23.4. The van der Waals surface area contributed by atoms with Gasteiger partial charge < -0.3 is 10.6 Å². The summed E-state index contributed by atoms with van der Waals surface area (Å²) in [5.74, 6) is 0.0222. The molecule has 0 radical (unpaired) electrons. The van der Waals surface area contributed by atoms with Crippen LogP contribution >= 0.6 is 0 Å². The van der Waals surface area contributed by atoms with E-state index in [2.05, 4.69) is 29.5 Å². The molecule has 1 heterocycles. The molecular weight excluding hydrogens is 416 g/mol. The summed E-state index contributed by atoms with van der Waals surface area (Å²) in [6, 6.07) is 7.93. The van der Waals surface area contributed by atoms with Crippen molar-refractivity contribution >= 4 is 23.5 Å². The molecule has 4 rings (SSSR count). The molecule has 7 heteroatoms. The van der Waals surface area contributed by atoms with Crippen molar-refractivity contribution in [2.45, 2.75) is 89.3 Å². The fourth-order valence-corrected chi connectivity index (χ4v) is 5.77. The molecule has 33 heavy (non-hydrogen) atoms. The van der Waals surface area contributed by atoms with E-state index in [1.807, 2.05) is 24.3 Å². The Hall–Kier alpha value is -2.41. The molecule has 0 atom stereocenters. The van der Waals surface area contributed by atoms with Gasteiger partial charge in [0.2, 0.25) is 5.91 Å². The van der Waals surface area contributed by atoms with Gasteiger partial charge in [-0.3, -0.25) is 19.4 Å². The molecule has 2 aliphatic carbocycles. The second-order valence-corrected chi connectivity index (χ2v) is 10.2. The summed E-state index contributed by atoms with van der Waals surface area (Å²) in [5, 5.41) is 5.86. The summed E-state index contributed by atoms with van der Waals surface area (Å²) < 4.78 is 0. The molecule has 1 aromatic carbocycles. The third-order valence-corrected chi connectivity index (χ3v) is 7.99. The van der Waals surface area contributed by atoms with Gasteiger partial charge in [0.05, 0.1) is 0 Å². The molecule has 1 spiro atoms. The van der Waals surface area contributed by atoms with Crippen LogP contribution in [0.4, 0.5) is 10.5 Å². The number of imide groups is 1. The minimum Gasteiger partial charge on any atom is -0.324 e. The highest BCUT2D eigenvalue weighted by atomic mass is 16.2. The number of anilines is 1. The summed E-state index contributed by atoms with van der Waals surface area (Å²) in [4.78, 5) is 42.0. The number of amides is 4. The van der Waals surface area contributed by atoms with E-state index >= 15 is 0 Å². The van der Waals surface area contributed by atoms with Gasteiger partial charge in [0.15, 0.2) is 0 Å². The van der Waals surface area contributed by atoms with Gasteiger partial charge in [-0.25, -0.2) is 4.79 Å². The lowest BCUT2D eigenvalue weighted by Crippen LogP contribution is -2.49. The zero-order valence-corrected chi connectivity index (χ0v) is 20.1. The maximum absolute atomic E-state index is 13.1. The van der Waals surface area contributed by atoms with Crippen LogP contribution in [0, 0.1) is 5.92 Å². The first-order valence-corrected chi connectivity index (χ1v) is 12.6. The molecule has 3 aliphatic rings. The van der Waals surface area contributed by atoms with Crippen molar-refractivity contribution in [2.75, 3.05) is 18.9 Å². The van der Waals surface area contributed by atoms with Crippen LogP contribution in [-0.2, 0) is 16.1 Å². The van der Waals surface area contributed by atoms with E-state index in [-0.39, 0.29) is 18.4 Å². The minimum absolute atomic E-state index is 0.248. The number of carbonyl (C=O) groups is 3. The fraction of sp³-hybridized carbons (Fsp3) is 0.654. The number of hydrogen-bond donors (Lipinski definition) is 2. The van der Waals surface area contributed by atoms with E-state index in [1.165, 1.54) is 32.1 Å².